The smallest absolute Gasteiger partial charge is 0.228 e. The first-order valence-corrected chi connectivity index (χ1v) is 5.92. The fourth-order valence-corrected chi connectivity index (χ4v) is 3.00. The number of anilines is 2. The average molecular weight is 216 g/mol. The van der Waals surface area contributed by atoms with Gasteiger partial charge in [0.1, 0.15) is 0 Å². The summed E-state index contributed by atoms with van der Waals surface area (Å²) in [6.45, 7) is 0. The van der Waals surface area contributed by atoms with Gasteiger partial charge < -0.3 is 11.1 Å². The Bertz CT molecular complexity index is 402. The third kappa shape index (κ3) is 1.56. The number of rotatable bonds is 2. The molecule has 84 valence electrons. The molecule has 0 spiro atoms. The molecule has 0 saturated heterocycles. The summed E-state index contributed by atoms with van der Waals surface area (Å²) < 4.78 is 0. The van der Waals surface area contributed by atoms with E-state index in [1.807, 2.05) is 24.3 Å². The number of carbonyl (C=O) groups is 1. The molecular formula is C13H16N2O. The minimum Gasteiger partial charge on any atom is -0.399 e. The molecule has 2 unspecified atom stereocenters. The maximum atomic E-state index is 11.9. The zero-order valence-corrected chi connectivity index (χ0v) is 9.15. The van der Waals surface area contributed by atoms with Crippen LogP contribution < -0.4 is 11.1 Å². The molecule has 0 aliphatic heterocycles. The van der Waals surface area contributed by atoms with Crippen LogP contribution in [0.3, 0.4) is 0 Å². The van der Waals surface area contributed by atoms with Crippen LogP contribution in [-0.2, 0) is 4.79 Å². The van der Waals surface area contributed by atoms with E-state index in [1.54, 1.807) is 0 Å². The fraction of sp³-hybridized carbons (Fsp3) is 0.462. The molecule has 16 heavy (non-hydrogen) atoms. The molecule has 2 aliphatic rings. The van der Waals surface area contributed by atoms with Crippen LogP contribution in [0.25, 0.3) is 0 Å². The fourth-order valence-electron chi connectivity index (χ4n) is 3.00. The molecule has 1 aromatic rings. The second kappa shape index (κ2) is 3.51. The summed E-state index contributed by atoms with van der Waals surface area (Å²) in [5.41, 5.74) is 7.17. The topological polar surface area (TPSA) is 55.1 Å². The van der Waals surface area contributed by atoms with Crippen LogP contribution in [0.2, 0.25) is 0 Å². The van der Waals surface area contributed by atoms with E-state index >= 15 is 0 Å². The average Bonchev–Trinajstić information content (AvgIpc) is 2.76. The van der Waals surface area contributed by atoms with Crippen molar-refractivity contribution in [2.45, 2.75) is 19.3 Å². The lowest BCUT2D eigenvalue weighted by atomic mass is 10.1. The van der Waals surface area contributed by atoms with Gasteiger partial charge >= 0.3 is 0 Å². The number of benzene rings is 1. The molecule has 3 nitrogen and oxygen atoms in total. The van der Waals surface area contributed by atoms with E-state index in [1.165, 1.54) is 19.3 Å². The van der Waals surface area contributed by atoms with E-state index in [-0.39, 0.29) is 11.8 Å². The van der Waals surface area contributed by atoms with E-state index in [4.69, 9.17) is 5.73 Å². The molecule has 3 heteroatoms. The van der Waals surface area contributed by atoms with Crippen LogP contribution in [0.1, 0.15) is 19.3 Å². The van der Waals surface area contributed by atoms with E-state index < -0.39 is 0 Å². The first kappa shape index (κ1) is 9.70. The number of carbonyl (C=O) groups excluding carboxylic acids is 1. The number of amides is 1. The molecule has 3 rings (SSSR count). The Morgan fingerprint density at radius 2 is 1.81 bits per heavy atom. The third-order valence-electron chi connectivity index (χ3n) is 3.89. The summed E-state index contributed by atoms with van der Waals surface area (Å²) in [4.78, 5) is 11.9. The Balaban J connectivity index is 1.63. The van der Waals surface area contributed by atoms with Gasteiger partial charge in [0, 0.05) is 17.3 Å². The highest BCUT2D eigenvalue weighted by atomic mass is 16.2. The van der Waals surface area contributed by atoms with Gasteiger partial charge in [-0.3, -0.25) is 4.79 Å². The van der Waals surface area contributed by atoms with Gasteiger partial charge in [-0.1, -0.05) is 6.42 Å². The summed E-state index contributed by atoms with van der Waals surface area (Å²) in [6.07, 6.45) is 3.79. The number of nitrogens with one attached hydrogen (secondary N) is 1. The standard InChI is InChI=1S/C13H16N2O/c14-8-4-6-9(7-5-8)15-13(16)12-10-2-1-3-11(10)12/h4-7,10-12H,1-3,14H2,(H,15,16). The molecule has 0 radical (unpaired) electrons. The summed E-state index contributed by atoms with van der Waals surface area (Å²) in [7, 11) is 0. The molecule has 1 amide bonds. The molecule has 0 bridgehead atoms. The quantitative estimate of drug-likeness (QED) is 0.745. The maximum Gasteiger partial charge on any atom is 0.228 e. The van der Waals surface area contributed by atoms with Gasteiger partial charge in [-0.15, -0.1) is 0 Å². The number of nitrogen functional groups attached to an aromatic ring is 1. The van der Waals surface area contributed by atoms with Crippen LogP contribution in [0.5, 0.6) is 0 Å². The second-order valence-corrected chi connectivity index (χ2v) is 4.90. The molecule has 2 atom stereocenters. The van der Waals surface area contributed by atoms with Crippen molar-refractivity contribution < 1.29 is 4.79 Å². The summed E-state index contributed by atoms with van der Waals surface area (Å²) >= 11 is 0. The summed E-state index contributed by atoms with van der Waals surface area (Å²) in [5.74, 6) is 1.83. The molecule has 0 aromatic heterocycles. The Hall–Kier alpha value is -1.51. The minimum absolute atomic E-state index is 0.194. The SMILES string of the molecule is Nc1ccc(NC(=O)C2C3CCCC32)cc1. The van der Waals surface area contributed by atoms with Crippen molar-refractivity contribution in [1.29, 1.82) is 0 Å². The van der Waals surface area contributed by atoms with Crippen molar-refractivity contribution in [2.75, 3.05) is 11.1 Å². The molecule has 2 aliphatic carbocycles. The number of nitrogens with two attached hydrogens (primary N) is 1. The summed E-state index contributed by atoms with van der Waals surface area (Å²) in [6, 6.07) is 7.32. The van der Waals surface area contributed by atoms with Crippen LogP contribution >= 0.6 is 0 Å². The molecule has 3 N–H and O–H groups in total. The monoisotopic (exact) mass is 216 g/mol. The highest BCUT2D eigenvalue weighted by Crippen LogP contribution is 2.57. The number of fused-ring (bicyclic) bond motifs is 1. The van der Waals surface area contributed by atoms with E-state index in [9.17, 15) is 4.79 Å². The Labute approximate surface area is 95.0 Å². The first-order chi connectivity index (χ1) is 7.75. The van der Waals surface area contributed by atoms with Crippen molar-refractivity contribution in [2.24, 2.45) is 17.8 Å². The molecule has 0 heterocycles. The largest absolute Gasteiger partial charge is 0.399 e. The van der Waals surface area contributed by atoms with Crippen molar-refractivity contribution in [3.8, 4) is 0 Å². The van der Waals surface area contributed by atoms with Crippen molar-refractivity contribution in [3.05, 3.63) is 24.3 Å². The van der Waals surface area contributed by atoms with Gasteiger partial charge in [0.2, 0.25) is 5.91 Å². The van der Waals surface area contributed by atoms with E-state index in [0.29, 0.717) is 11.8 Å². The third-order valence-corrected chi connectivity index (χ3v) is 3.89. The molecule has 2 fully saturated rings. The van der Waals surface area contributed by atoms with Crippen LogP contribution in [0.4, 0.5) is 11.4 Å². The van der Waals surface area contributed by atoms with Gasteiger partial charge in [-0.05, 0) is 48.9 Å². The zero-order chi connectivity index (χ0) is 11.1. The Kier molecular flexibility index (Phi) is 2.13. The van der Waals surface area contributed by atoms with Gasteiger partial charge in [0.05, 0.1) is 0 Å². The van der Waals surface area contributed by atoms with E-state index in [0.717, 1.165) is 11.4 Å². The predicted octanol–water partition coefficient (Wildman–Crippen LogP) is 2.25. The van der Waals surface area contributed by atoms with Crippen molar-refractivity contribution in [1.82, 2.24) is 0 Å². The van der Waals surface area contributed by atoms with Gasteiger partial charge in [0.25, 0.3) is 0 Å². The second-order valence-electron chi connectivity index (χ2n) is 4.90. The number of hydrogen-bond donors (Lipinski definition) is 2. The molecular weight excluding hydrogens is 200 g/mol. The lowest BCUT2D eigenvalue weighted by Crippen LogP contribution is -2.16. The molecule has 1 aromatic carbocycles. The molecule has 2 saturated carbocycles. The highest BCUT2D eigenvalue weighted by Gasteiger charge is 2.56. The van der Waals surface area contributed by atoms with E-state index in [2.05, 4.69) is 5.32 Å². The Morgan fingerprint density at radius 1 is 1.19 bits per heavy atom. The number of hydrogen-bond acceptors (Lipinski definition) is 2. The highest BCUT2D eigenvalue weighted by molar-refractivity contribution is 5.95. The van der Waals surface area contributed by atoms with Crippen LogP contribution in [0, 0.1) is 17.8 Å². The first-order valence-electron chi connectivity index (χ1n) is 5.92. The predicted molar refractivity (Wildman–Crippen MR) is 63.8 cm³/mol. The van der Waals surface area contributed by atoms with Gasteiger partial charge in [0.15, 0.2) is 0 Å². The zero-order valence-electron chi connectivity index (χ0n) is 9.15. The minimum atomic E-state index is 0.194. The Morgan fingerprint density at radius 3 is 2.44 bits per heavy atom. The van der Waals surface area contributed by atoms with Crippen molar-refractivity contribution in [3.63, 3.8) is 0 Å². The lowest BCUT2D eigenvalue weighted by molar-refractivity contribution is -0.118. The van der Waals surface area contributed by atoms with Crippen LogP contribution in [0.15, 0.2) is 24.3 Å². The maximum absolute atomic E-state index is 11.9. The normalized spacial score (nSPS) is 30.9. The van der Waals surface area contributed by atoms with Crippen molar-refractivity contribution >= 4 is 17.3 Å². The summed E-state index contributed by atoms with van der Waals surface area (Å²) in [5, 5.41) is 2.97. The lowest BCUT2D eigenvalue weighted by Gasteiger charge is -2.06. The van der Waals surface area contributed by atoms with Gasteiger partial charge in [-0.2, -0.15) is 0 Å². The van der Waals surface area contributed by atoms with Gasteiger partial charge in [-0.25, -0.2) is 0 Å². The van der Waals surface area contributed by atoms with Crippen LogP contribution in [-0.4, -0.2) is 5.91 Å².